The predicted octanol–water partition coefficient (Wildman–Crippen LogP) is 2.57. The molecule has 140 valence electrons. The fourth-order valence-corrected chi connectivity index (χ4v) is 4.24. The maximum atomic E-state index is 12.8. The summed E-state index contributed by atoms with van der Waals surface area (Å²) < 4.78 is 0. The Kier molecular flexibility index (Phi) is 6.33. The van der Waals surface area contributed by atoms with Crippen LogP contribution in [0.4, 0.5) is 0 Å². The molecule has 3 aliphatic heterocycles. The van der Waals surface area contributed by atoms with Crippen molar-refractivity contribution in [2.45, 2.75) is 31.7 Å². The van der Waals surface area contributed by atoms with Gasteiger partial charge in [-0.1, -0.05) is 23.8 Å². The minimum atomic E-state index is -0.148. The van der Waals surface area contributed by atoms with E-state index in [9.17, 15) is 9.59 Å². The highest BCUT2D eigenvalue weighted by molar-refractivity contribution is 6.32. The highest BCUT2D eigenvalue weighted by Gasteiger charge is 2.35. The molecule has 1 aliphatic carbocycles. The minimum absolute atomic E-state index is 0.148. The fourth-order valence-electron chi connectivity index (χ4n) is 3.92. The molecule has 3 saturated heterocycles. The van der Waals surface area contributed by atoms with E-state index in [4.69, 9.17) is 11.6 Å². The number of carbonyl (C=O) groups is 2. The Balaban J connectivity index is 1.73. The van der Waals surface area contributed by atoms with Gasteiger partial charge in [-0.05, 0) is 56.8 Å². The standard InChI is InChI=1S/C20H26ClN3O2/c1-23(19-7-3-2-6-17(19)21)13-16(5-4-12-25)20(26)22-18-14-24-10-8-15(18)9-11-24/h4-7,12-13,15,18H,2-3,8-11,14H2,1H3,(H,22,26)/b5-4-,16-13+. The zero-order valence-corrected chi connectivity index (χ0v) is 15.9. The maximum absolute atomic E-state index is 12.8. The number of hydrogen-bond acceptors (Lipinski definition) is 4. The van der Waals surface area contributed by atoms with E-state index in [1.165, 1.54) is 6.08 Å². The molecule has 0 aromatic rings. The van der Waals surface area contributed by atoms with Crippen LogP contribution in [0.3, 0.4) is 0 Å². The normalized spacial score (nSPS) is 28.5. The first kappa shape index (κ1) is 18.9. The Morgan fingerprint density at radius 1 is 1.31 bits per heavy atom. The first-order valence-electron chi connectivity index (χ1n) is 9.24. The third-order valence-corrected chi connectivity index (χ3v) is 5.72. The second kappa shape index (κ2) is 8.69. The number of likely N-dealkylation sites (N-methyl/N-ethyl adjacent to an activating group) is 1. The van der Waals surface area contributed by atoms with Crippen LogP contribution in [0.2, 0.25) is 0 Å². The Morgan fingerprint density at radius 3 is 2.65 bits per heavy atom. The van der Waals surface area contributed by atoms with Crippen LogP contribution in [0.1, 0.15) is 25.7 Å². The summed E-state index contributed by atoms with van der Waals surface area (Å²) in [6, 6.07) is 0.181. The molecule has 0 aromatic heterocycles. The monoisotopic (exact) mass is 375 g/mol. The van der Waals surface area contributed by atoms with E-state index in [2.05, 4.69) is 16.3 Å². The molecule has 5 nitrogen and oxygen atoms in total. The number of nitrogens with one attached hydrogen (secondary N) is 1. The van der Waals surface area contributed by atoms with Crippen LogP contribution in [-0.2, 0) is 9.59 Å². The quantitative estimate of drug-likeness (QED) is 0.440. The second-order valence-corrected chi connectivity index (χ2v) is 7.53. The van der Waals surface area contributed by atoms with E-state index in [1.807, 2.05) is 18.0 Å². The third-order valence-electron chi connectivity index (χ3n) is 5.37. The molecule has 4 rings (SSSR count). The van der Waals surface area contributed by atoms with Crippen LogP contribution < -0.4 is 5.32 Å². The lowest BCUT2D eigenvalue weighted by Crippen LogP contribution is -2.57. The molecule has 1 N–H and O–H groups in total. The number of fused-ring (bicyclic) bond motifs is 3. The second-order valence-electron chi connectivity index (χ2n) is 7.13. The SMILES string of the molecule is CN(/C=C(\C=C/C=O)C(=O)NC1CN2CCC1CC2)C1=CCCC=C1Cl. The highest BCUT2D eigenvalue weighted by Crippen LogP contribution is 2.28. The van der Waals surface area contributed by atoms with E-state index < -0.39 is 0 Å². The molecule has 0 radical (unpaired) electrons. The van der Waals surface area contributed by atoms with Crippen LogP contribution >= 0.6 is 11.6 Å². The molecule has 6 heteroatoms. The van der Waals surface area contributed by atoms with Crippen LogP contribution in [0.5, 0.6) is 0 Å². The van der Waals surface area contributed by atoms with Crippen molar-refractivity contribution in [3.8, 4) is 0 Å². The lowest BCUT2D eigenvalue weighted by Gasteiger charge is -2.45. The van der Waals surface area contributed by atoms with Gasteiger partial charge in [-0.25, -0.2) is 0 Å². The molecule has 26 heavy (non-hydrogen) atoms. The van der Waals surface area contributed by atoms with Crippen molar-refractivity contribution in [3.05, 3.63) is 46.8 Å². The van der Waals surface area contributed by atoms with Crippen LogP contribution in [-0.4, -0.2) is 54.7 Å². The molecule has 0 spiro atoms. The maximum Gasteiger partial charge on any atom is 0.253 e. The topological polar surface area (TPSA) is 52.7 Å². The minimum Gasteiger partial charge on any atom is -0.349 e. The number of hydrogen-bond donors (Lipinski definition) is 1. The van der Waals surface area contributed by atoms with E-state index >= 15 is 0 Å². The lowest BCUT2D eigenvalue weighted by molar-refractivity contribution is -0.119. The van der Waals surface area contributed by atoms with Gasteiger partial charge in [0.05, 0.1) is 16.3 Å². The number of amides is 1. The summed E-state index contributed by atoms with van der Waals surface area (Å²) in [5.41, 5.74) is 1.33. The van der Waals surface area contributed by atoms with Crippen molar-refractivity contribution in [1.29, 1.82) is 0 Å². The molecule has 1 amide bonds. The highest BCUT2D eigenvalue weighted by atomic mass is 35.5. The summed E-state index contributed by atoms with van der Waals surface area (Å²) in [5, 5.41) is 3.86. The summed E-state index contributed by atoms with van der Waals surface area (Å²) in [7, 11) is 1.86. The molecule has 0 saturated carbocycles. The predicted molar refractivity (Wildman–Crippen MR) is 103 cm³/mol. The number of allylic oxidation sites excluding steroid dienone is 4. The van der Waals surface area contributed by atoms with Gasteiger partial charge in [0.2, 0.25) is 0 Å². The van der Waals surface area contributed by atoms with Gasteiger partial charge in [0.15, 0.2) is 0 Å². The lowest BCUT2D eigenvalue weighted by atomic mass is 9.84. The van der Waals surface area contributed by atoms with Crippen molar-refractivity contribution in [3.63, 3.8) is 0 Å². The number of carbonyl (C=O) groups excluding carboxylic acids is 2. The Labute approximate surface area is 160 Å². The van der Waals surface area contributed by atoms with Crippen molar-refractivity contribution in [2.24, 2.45) is 5.92 Å². The average molecular weight is 376 g/mol. The largest absolute Gasteiger partial charge is 0.349 e. The van der Waals surface area contributed by atoms with Gasteiger partial charge in [-0.3, -0.25) is 9.59 Å². The van der Waals surface area contributed by atoms with Crippen molar-refractivity contribution in [1.82, 2.24) is 15.1 Å². The number of aldehydes is 1. The van der Waals surface area contributed by atoms with Gasteiger partial charge in [0, 0.05) is 25.8 Å². The first-order chi connectivity index (χ1) is 12.6. The zero-order chi connectivity index (χ0) is 18.5. The molecular formula is C20H26ClN3O2. The molecule has 4 aliphatic rings. The van der Waals surface area contributed by atoms with Gasteiger partial charge < -0.3 is 15.1 Å². The molecule has 3 fully saturated rings. The van der Waals surface area contributed by atoms with E-state index in [0.29, 0.717) is 22.8 Å². The van der Waals surface area contributed by atoms with Gasteiger partial charge >= 0.3 is 0 Å². The smallest absolute Gasteiger partial charge is 0.253 e. The van der Waals surface area contributed by atoms with Crippen molar-refractivity contribution in [2.75, 3.05) is 26.7 Å². The summed E-state index contributed by atoms with van der Waals surface area (Å²) in [6.07, 6.45) is 13.5. The summed E-state index contributed by atoms with van der Waals surface area (Å²) >= 11 is 6.28. The number of nitrogens with zero attached hydrogens (tertiary/aromatic N) is 2. The Morgan fingerprint density at radius 2 is 2.04 bits per heavy atom. The molecular weight excluding hydrogens is 350 g/mol. The zero-order valence-electron chi connectivity index (χ0n) is 15.2. The van der Waals surface area contributed by atoms with Crippen LogP contribution in [0.15, 0.2) is 46.8 Å². The number of halogens is 1. The van der Waals surface area contributed by atoms with Crippen molar-refractivity contribution < 1.29 is 9.59 Å². The molecule has 3 heterocycles. The van der Waals surface area contributed by atoms with E-state index in [-0.39, 0.29) is 11.9 Å². The third kappa shape index (κ3) is 4.46. The van der Waals surface area contributed by atoms with E-state index in [1.54, 1.807) is 12.3 Å². The van der Waals surface area contributed by atoms with Crippen molar-refractivity contribution >= 4 is 23.8 Å². The Bertz CT molecular complexity index is 673. The van der Waals surface area contributed by atoms with Gasteiger partial charge in [-0.2, -0.15) is 0 Å². The van der Waals surface area contributed by atoms with Gasteiger partial charge in [0.1, 0.15) is 6.29 Å². The van der Waals surface area contributed by atoms with Crippen LogP contribution in [0.25, 0.3) is 0 Å². The van der Waals surface area contributed by atoms with Gasteiger partial charge in [0.25, 0.3) is 5.91 Å². The molecule has 1 unspecified atom stereocenters. The number of rotatable bonds is 6. The molecule has 1 atom stereocenters. The summed E-state index contributed by atoms with van der Waals surface area (Å²) in [5.74, 6) is 0.404. The van der Waals surface area contributed by atoms with Crippen LogP contribution in [0, 0.1) is 5.92 Å². The first-order valence-corrected chi connectivity index (χ1v) is 9.62. The summed E-state index contributed by atoms with van der Waals surface area (Å²) in [6.45, 7) is 3.18. The van der Waals surface area contributed by atoms with E-state index in [0.717, 1.165) is 51.0 Å². The Hall–Kier alpha value is -1.85. The van der Waals surface area contributed by atoms with Gasteiger partial charge in [-0.15, -0.1) is 0 Å². The molecule has 2 bridgehead atoms. The average Bonchev–Trinajstić information content (AvgIpc) is 2.66. The summed E-state index contributed by atoms with van der Waals surface area (Å²) in [4.78, 5) is 27.8. The molecule has 0 aromatic carbocycles. The number of piperidine rings is 3. The fraction of sp³-hybridized carbons (Fsp3) is 0.500.